The van der Waals surface area contributed by atoms with Crippen LogP contribution >= 0.6 is 0 Å². The van der Waals surface area contributed by atoms with Crippen LogP contribution in [0.3, 0.4) is 0 Å². The van der Waals surface area contributed by atoms with Crippen LogP contribution in [0.25, 0.3) is 11.4 Å². The van der Waals surface area contributed by atoms with E-state index in [0.29, 0.717) is 6.54 Å². The molecule has 162 valence electrons. The van der Waals surface area contributed by atoms with Gasteiger partial charge in [0, 0.05) is 45.3 Å². The highest BCUT2D eigenvalue weighted by Gasteiger charge is 2.13. The Hall–Kier alpha value is -3.23. The van der Waals surface area contributed by atoms with E-state index in [4.69, 9.17) is 4.74 Å². The summed E-state index contributed by atoms with van der Waals surface area (Å²) >= 11 is 0. The first-order valence-electron chi connectivity index (χ1n) is 10.6. The molecule has 1 aromatic heterocycles. The quantitative estimate of drug-likeness (QED) is 0.402. The number of ether oxygens (including phenoxy) is 1. The first-order chi connectivity index (χ1) is 15.3. The van der Waals surface area contributed by atoms with Gasteiger partial charge in [-0.2, -0.15) is 5.10 Å². The summed E-state index contributed by atoms with van der Waals surface area (Å²) in [6.07, 6.45) is 1.52. The molecule has 0 amide bonds. The van der Waals surface area contributed by atoms with Crippen molar-refractivity contribution in [1.29, 1.82) is 0 Å². The van der Waals surface area contributed by atoms with Crippen molar-refractivity contribution in [3.8, 4) is 11.4 Å². The molecule has 0 aliphatic carbocycles. The molecule has 1 aliphatic heterocycles. The van der Waals surface area contributed by atoms with E-state index in [1.54, 1.807) is 7.05 Å². The van der Waals surface area contributed by atoms with Gasteiger partial charge in [-0.05, 0) is 22.8 Å². The van der Waals surface area contributed by atoms with Crippen molar-refractivity contribution in [2.75, 3.05) is 33.4 Å². The summed E-state index contributed by atoms with van der Waals surface area (Å²) in [6, 6.07) is 16.8. The van der Waals surface area contributed by atoms with Crippen molar-refractivity contribution >= 4 is 5.96 Å². The van der Waals surface area contributed by atoms with Gasteiger partial charge in [0.05, 0.1) is 13.2 Å². The van der Waals surface area contributed by atoms with Crippen LogP contribution in [0.4, 0.5) is 0 Å². The van der Waals surface area contributed by atoms with Gasteiger partial charge in [0.15, 0.2) is 11.8 Å². The topological polar surface area (TPSA) is 90.5 Å². The van der Waals surface area contributed by atoms with Gasteiger partial charge >= 0.3 is 0 Å². The van der Waals surface area contributed by atoms with Crippen LogP contribution in [0.5, 0.6) is 0 Å². The van der Waals surface area contributed by atoms with Gasteiger partial charge < -0.3 is 15.4 Å². The van der Waals surface area contributed by atoms with E-state index in [2.05, 4.69) is 72.1 Å². The van der Waals surface area contributed by atoms with Gasteiger partial charge in [0.2, 0.25) is 0 Å². The number of guanidine groups is 1. The number of rotatable bonds is 7. The molecule has 3 N–H and O–H groups in total. The normalized spacial score (nSPS) is 15.1. The molecule has 1 saturated heterocycles. The maximum Gasteiger partial charge on any atom is 0.191 e. The lowest BCUT2D eigenvalue weighted by Crippen LogP contribution is -2.37. The minimum Gasteiger partial charge on any atom is -0.379 e. The number of nitrogens with zero attached hydrogens (tertiary/aromatic N) is 4. The predicted molar refractivity (Wildman–Crippen MR) is 121 cm³/mol. The van der Waals surface area contributed by atoms with E-state index >= 15 is 0 Å². The Morgan fingerprint density at radius 1 is 1.06 bits per heavy atom. The molecular formula is C23H29N7O. The molecule has 0 unspecified atom stereocenters. The maximum atomic E-state index is 5.47. The summed E-state index contributed by atoms with van der Waals surface area (Å²) in [6.45, 7) is 5.93. The van der Waals surface area contributed by atoms with E-state index in [-0.39, 0.29) is 0 Å². The third-order valence-corrected chi connectivity index (χ3v) is 5.36. The highest BCUT2D eigenvalue weighted by atomic mass is 16.5. The van der Waals surface area contributed by atoms with Gasteiger partial charge in [0.25, 0.3) is 0 Å². The summed E-state index contributed by atoms with van der Waals surface area (Å²) in [5.74, 6) is 1.53. The Kier molecular flexibility index (Phi) is 7.25. The zero-order chi connectivity index (χ0) is 21.3. The molecule has 1 aliphatic rings. The zero-order valence-electron chi connectivity index (χ0n) is 17.8. The fraction of sp³-hybridized carbons (Fsp3) is 0.348. The van der Waals surface area contributed by atoms with Gasteiger partial charge in [-0.25, -0.2) is 4.98 Å². The summed E-state index contributed by atoms with van der Waals surface area (Å²) in [5.41, 5.74) is 4.78. The van der Waals surface area contributed by atoms with Crippen LogP contribution in [-0.4, -0.2) is 59.4 Å². The first kappa shape index (κ1) is 21.0. The summed E-state index contributed by atoms with van der Waals surface area (Å²) in [5, 5.41) is 13.7. The number of hydrogen-bond donors (Lipinski definition) is 3. The second-order valence-electron chi connectivity index (χ2n) is 7.47. The first-order valence-corrected chi connectivity index (χ1v) is 10.6. The highest BCUT2D eigenvalue weighted by Crippen LogP contribution is 2.15. The summed E-state index contributed by atoms with van der Waals surface area (Å²) in [4.78, 5) is 11.0. The lowest BCUT2D eigenvalue weighted by atomic mass is 10.1. The second-order valence-corrected chi connectivity index (χ2v) is 7.47. The largest absolute Gasteiger partial charge is 0.379 e. The number of nitrogens with one attached hydrogen (secondary N) is 3. The molecule has 31 heavy (non-hydrogen) atoms. The molecule has 1 fully saturated rings. The standard InChI is InChI=1S/C23H29N7O/c1-24-23(25-14-18-5-4-8-19(13-18)22-27-17-28-29-22)26-15-20-6-2-3-7-21(20)16-30-9-11-31-12-10-30/h2-8,13,17H,9-12,14-16H2,1H3,(H2,24,25,26)(H,27,28,29). The third kappa shape index (κ3) is 5.90. The minimum absolute atomic E-state index is 0.664. The van der Waals surface area contributed by atoms with E-state index in [9.17, 15) is 0 Å². The van der Waals surface area contributed by atoms with Crippen molar-refractivity contribution < 1.29 is 4.74 Å². The van der Waals surface area contributed by atoms with Gasteiger partial charge in [0.1, 0.15) is 6.33 Å². The van der Waals surface area contributed by atoms with Gasteiger partial charge in [-0.15, -0.1) is 0 Å². The number of aromatic amines is 1. The van der Waals surface area contributed by atoms with E-state index in [1.807, 2.05) is 12.1 Å². The molecule has 3 aromatic rings. The average molecular weight is 420 g/mol. The number of morpholine rings is 1. The minimum atomic E-state index is 0.664. The third-order valence-electron chi connectivity index (χ3n) is 5.36. The Labute approximate surface area is 182 Å². The number of aliphatic imine (C=N–C) groups is 1. The van der Waals surface area contributed by atoms with Crippen molar-refractivity contribution in [2.24, 2.45) is 4.99 Å². The van der Waals surface area contributed by atoms with Crippen molar-refractivity contribution in [1.82, 2.24) is 30.7 Å². The Morgan fingerprint density at radius 3 is 2.65 bits per heavy atom. The molecule has 0 radical (unpaired) electrons. The number of aromatic nitrogens is 3. The SMILES string of the molecule is CN=C(NCc1cccc(-c2ncn[nH]2)c1)NCc1ccccc1CN1CCOCC1. The number of H-pyrrole nitrogens is 1. The fourth-order valence-electron chi connectivity index (χ4n) is 3.64. The van der Waals surface area contributed by atoms with Crippen molar-refractivity contribution in [2.45, 2.75) is 19.6 Å². The lowest BCUT2D eigenvalue weighted by molar-refractivity contribution is 0.0341. The van der Waals surface area contributed by atoms with Crippen molar-refractivity contribution in [3.05, 3.63) is 71.5 Å². The molecule has 8 heteroatoms. The molecule has 2 aromatic carbocycles. The maximum absolute atomic E-state index is 5.47. The Bertz CT molecular complexity index is 981. The number of hydrogen-bond acceptors (Lipinski definition) is 5. The van der Waals surface area contributed by atoms with Crippen LogP contribution in [0.1, 0.15) is 16.7 Å². The fourth-order valence-corrected chi connectivity index (χ4v) is 3.64. The zero-order valence-corrected chi connectivity index (χ0v) is 17.8. The van der Waals surface area contributed by atoms with Crippen LogP contribution in [0, 0.1) is 0 Å². The molecule has 0 spiro atoms. The van der Waals surface area contributed by atoms with Gasteiger partial charge in [-0.1, -0.05) is 42.5 Å². The van der Waals surface area contributed by atoms with Crippen LogP contribution < -0.4 is 10.6 Å². The van der Waals surface area contributed by atoms with Crippen LogP contribution in [0.15, 0.2) is 59.9 Å². The van der Waals surface area contributed by atoms with Gasteiger partial charge in [-0.3, -0.25) is 15.0 Å². The molecule has 0 saturated carbocycles. The molecule has 0 bridgehead atoms. The van der Waals surface area contributed by atoms with Crippen molar-refractivity contribution in [3.63, 3.8) is 0 Å². The molecule has 4 rings (SSSR count). The second kappa shape index (κ2) is 10.7. The van der Waals surface area contributed by atoms with E-state index in [1.165, 1.54) is 17.5 Å². The average Bonchev–Trinajstić information content (AvgIpc) is 3.36. The smallest absolute Gasteiger partial charge is 0.191 e. The van der Waals surface area contributed by atoms with Crippen LogP contribution in [-0.2, 0) is 24.4 Å². The predicted octanol–water partition coefficient (Wildman–Crippen LogP) is 2.17. The van der Waals surface area contributed by atoms with E-state index in [0.717, 1.165) is 62.3 Å². The van der Waals surface area contributed by atoms with Crippen LogP contribution in [0.2, 0.25) is 0 Å². The monoisotopic (exact) mass is 419 g/mol. The highest BCUT2D eigenvalue weighted by molar-refractivity contribution is 5.79. The lowest BCUT2D eigenvalue weighted by Gasteiger charge is -2.27. The molecule has 0 atom stereocenters. The summed E-state index contributed by atoms with van der Waals surface area (Å²) in [7, 11) is 1.79. The molecular weight excluding hydrogens is 390 g/mol. The summed E-state index contributed by atoms with van der Waals surface area (Å²) < 4.78 is 5.47. The van der Waals surface area contributed by atoms with E-state index < -0.39 is 0 Å². The Morgan fingerprint density at radius 2 is 1.87 bits per heavy atom. The molecule has 8 nitrogen and oxygen atoms in total. The Balaban J connectivity index is 1.33. The molecule has 2 heterocycles. The number of benzene rings is 2.